The summed E-state index contributed by atoms with van der Waals surface area (Å²) >= 11 is 0. The maximum atomic E-state index is 5.74. The molecule has 0 saturated heterocycles. The molecule has 0 aliphatic heterocycles. The minimum atomic E-state index is 0.548. The lowest BCUT2D eigenvalue weighted by Crippen LogP contribution is -2.06. The van der Waals surface area contributed by atoms with Crippen LogP contribution in [0.25, 0.3) is 133 Å². The molecule has 15 rings (SSSR count). The molecule has 0 aliphatic rings. The van der Waals surface area contributed by atoms with Gasteiger partial charge in [0.05, 0.1) is 44.1 Å². The molecular weight excluding hydrogens is 857 g/mol. The summed E-state index contributed by atoms with van der Waals surface area (Å²) in [6.45, 7) is 0. The van der Waals surface area contributed by atoms with Crippen LogP contribution in [-0.2, 0) is 0 Å². The van der Waals surface area contributed by atoms with Crippen molar-refractivity contribution in [1.29, 1.82) is 0 Å². The predicted molar refractivity (Wildman–Crippen MR) is 286 cm³/mol. The predicted octanol–water partition coefficient (Wildman–Crippen LogP) is 15.0. The van der Waals surface area contributed by atoms with E-state index in [2.05, 4.69) is 188 Å². The topological polar surface area (TPSA) is 71.3 Å². The Morgan fingerprint density at radius 1 is 0.243 bits per heavy atom. The van der Waals surface area contributed by atoms with Gasteiger partial charge in [0.25, 0.3) is 0 Å². The molecule has 0 fully saturated rings. The van der Waals surface area contributed by atoms with Gasteiger partial charge in [0.1, 0.15) is 11.6 Å². The van der Waals surface area contributed by atoms with E-state index in [1.165, 1.54) is 21.5 Å². The molecule has 0 radical (unpaired) electrons. The van der Waals surface area contributed by atoms with Crippen LogP contribution in [0, 0.1) is 0 Å². The van der Waals surface area contributed by atoms with Crippen LogP contribution in [0.15, 0.2) is 231 Å². The second kappa shape index (κ2) is 14.9. The summed E-state index contributed by atoms with van der Waals surface area (Å²) in [5.41, 5.74) is 11.6. The molecule has 8 heteroatoms. The van der Waals surface area contributed by atoms with E-state index in [9.17, 15) is 0 Å². The fraction of sp³-hybridized carbons (Fsp3) is 0. The third-order valence-corrected chi connectivity index (χ3v) is 14.0. The van der Waals surface area contributed by atoms with Crippen LogP contribution in [-0.4, -0.2) is 38.2 Å². The van der Waals surface area contributed by atoms with Gasteiger partial charge in [-0.25, -0.2) is 9.97 Å². The molecule has 6 heterocycles. The summed E-state index contributed by atoms with van der Waals surface area (Å²) in [4.78, 5) is 21.3. The lowest BCUT2D eigenvalue weighted by Gasteiger charge is -2.14. The van der Waals surface area contributed by atoms with Gasteiger partial charge in [-0.05, 0) is 54.6 Å². The summed E-state index contributed by atoms with van der Waals surface area (Å²) < 4.78 is 9.35. The zero-order valence-corrected chi connectivity index (χ0v) is 37.5. The first-order valence-electron chi connectivity index (χ1n) is 23.6. The van der Waals surface area contributed by atoms with E-state index >= 15 is 0 Å². The van der Waals surface area contributed by atoms with Gasteiger partial charge in [0.2, 0.25) is 5.95 Å². The van der Waals surface area contributed by atoms with E-state index in [-0.39, 0.29) is 0 Å². The molecule has 0 bridgehead atoms. The molecular formula is C62H38N8. The minimum Gasteiger partial charge on any atom is -0.307 e. The Hall–Kier alpha value is -9.66. The number of benzene rings is 9. The Balaban J connectivity index is 1.03. The molecule has 326 valence electrons. The molecule has 15 aromatic rings. The van der Waals surface area contributed by atoms with Gasteiger partial charge in [0.15, 0.2) is 11.6 Å². The summed E-state index contributed by atoms with van der Waals surface area (Å²) in [6.07, 6.45) is 0. The molecule has 0 atom stereocenters. The number of hydrogen-bond donors (Lipinski definition) is 0. The van der Waals surface area contributed by atoms with E-state index in [0.29, 0.717) is 17.6 Å². The molecule has 0 amide bonds. The highest BCUT2D eigenvalue weighted by Gasteiger charge is 2.25. The molecule has 0 N–H and O–H groups in total. The first kappa shape index (κ1) is 38.4. The Bertz CT molecular complexity index is 4520. The molecule has 0 saturated carbocycles. The van der Waals surface area contributed by atoms with Crippen LogP contribution in [0.4, 0.5) is 0 Å². The lowest BCUT2D eigenvalue weighted by atomic mass is 10.1. The summed E-state index contributed by atoms with van der Waals surface area (Å²) in [7, 11) is 0. The van der Waals surface area contributed by atoms with Crippen molar-refractivity contribution in [3.8, 4) is 46.0 Å². The molecule has 9 aromatic carbocycles. The van der Waals surface area contributed by atoms with Crippen LogP contribution in [0.1, 0.15) is 0 Å². The Morgan fingerprint density at radius 2 is 0.657 bits per heavy atom. The van der Waals surface area contributed by atoms with Gasteiger partial charge >= 0.3 is 0 Å². The summed E-state index contributed by atoms with van der Waals surface area (Å²) in [6, 6.07) is 81.2. The van der Waals surface area contributed by atoms with Crippen molar-refractivity contribution < 1.29 is 0 Å². The number of hydrogen-bond acceptors (Lipinski definition) is 4. The highest BCUT2D eigenvalue weighted by Crippen LogP contribution is 2.44. The van der Waals surface area contributed by atoms with Crippen molar-refractivity contribution in [3.05, 3.63) is 231 Å². The zero-order valence-electron chi connectivity index (χ0n) is 37.5. The number of pyridine rings is 1. The molecule has 0 spiro atoms. The van der Waals surface area contributed by atoms with Crippen molar-refractivity contribution in [2.24, 2.45) is 0 Å². The van der Waals surface area contributed by atoms with Gasteiger partial charge in [0, 0.05) is 59.9 Å². The van der Waals surface area contributed by atoms with Gasteiger partial charge < -0.3 is 4.57 Å². The fourth-order valence-corrected chi connectivity index (χ4v) is 11.1. The number of rotatable bonds is 6. The molecule has 0 unspecified atom stereocenters. The van der Waals surface area contributed by atoms with Gasteiger partial charge in [-0.15, -0.1) is 0 Å². The van der Waals surface area contributed by atoms with E-state index in [4.69, 9.17) is 19.9 Å². The first-order chi connectivity index (χ1) is 34.8. The van der Waals surface area contributed by atoms with Crippen molar-refractivity contribution in [2.75, 3.05) is 0 Å². The second-order valence-corrected chi connectivity index (χ2v) is 17.8. The highest BCUT2D eigenvalue weighted by molar-refractivity contribution is 6.26. The number of para-hydroxylation sites is 5. The number of nitrogens with zero attached hydrogens (tertiary/aromatic N) is 8. The van der Waals surface area contributed by atoms with Gasteiger partial charge in [-0.3, -0.25) is 13.7 Å². The second-order valence-electron chi connectivity index (χ2n) is 17.8. The molecule has 0 aliphatic carbocycles. The highest BCUT2D eigenvalue weighted by atomic mass is 15.2. The van der Waals surface area contributed by atoms with Crippen molar-refractivity contribution in [2.45, 2.75) is 0 Å². The maximum absolute atomic E-state index is 5.74. The van der Waals surface area contributed by atoms with Gasteiger partial charge in [-0.2, -0.15) is 9.97 Å². The summed E-state index contributed by atoms with van der Waals surface area (Å²) in [5.74, 6) is 3.41. The normalized spacial score (nSPS) is 12.0. The van der Waals surface area contributed by atoms with Crippen LogP contribution in [0.3, 0.4) is 0 Å². The third-order valence-electron chi connectivity index (χ3n) is 14.0. The average molecular weight is 895 g/mol. The van der Waals surface area contributed by atoms with E-state index in [1.807, 2.05) is 60.7 Å². The zero-order chi connectivity index (χ0) is 45.9. The van der Waals surface area contributed by atoms with Crippen molar-refractivity contribution in [3.63, 3.8) is 0 Å². The molecule has 70 heavy (non-hydrogen) atoms. The third kappa shape index (κ3) is 5.52. The smallest absolute Gasteiger partial charge is 0.238 e. The Morgan fingerprint density at radius 3 is 1.21 bits per heavy atom. The van der Waals surface area contributed by atoms with Crippen LogP contribution < -0.4 is 0 Å². The van der Waals surface area contributed by atoms with E-state index in [1.54, 1.807) is 0 Å². The standard InChI is InChI=1S/C62H38N8/c1-4-19-39(20-5-1)60-64-61(40-21-6-2-7-22-40)66-62(65-60)68-52-32-17-13-28-48(52)56-53(68)38-37-45-42-25-11-15-30-50(42)69(57(45)56)54-33-18-34-55(63-54)70-51-31-16-12-27-44(51)47-36-35-46-43-26-10-14-29-49(43)67(58(46)59(47)70)41-23-8-3-9-24-41/h1-38H. The van der Waals surface area contributed by atoms with E-state index < -0.39 is 0 Å². The largest absolute Gasteiger partial charge is 0.307 e. The maximum Gasteiger partial charge on any atom is 0.238 e. The Labute approximate surface area is 400 Å². The van der Waals surface area contributed by atoms with Crippen LogP contribution in [0.2, 0.25) is 0 Å². The summed E-state index contributed by atoms with van der Waals surface area (Å²) in [5, 5.41) is 9.20. The number of aromatic nitrogens is 8. The van der Waals surface area contributed by atoms with Crippen molar-refractivity contribution in [1.82, 2.24) is 38.2 Å². The SMILES string of the molecule is c1ccc(-c2nc(-c3ccccc3)nc(-n3c4ccccc4c4c3ccc3c5ccccc5n(-c5cccc(-n6c7ccccc7c7ccc8c9ccccc9n(-c9ccccc9)c8c76)n5)c34)n2)cc1. The lowest BCUT2D eigenvalue weighted by molar-refractivity contribution is 0.953. The first-order valence-corrected chi connectivity index (χ1v) is 23.6. The average Bonchev–Trinajstić information content (AvgIpc) is 4.17. The fourth-order valence-electron chi connectivity index (χ4n) is 11.1. The molecule has 6 aromatic heterocycles. The van der Waals surface area contributed by atoms with Crippen LogP contribution in [0.5, 0.6) is 0 Å². The Kier molecular flexibility index (Phi) is 8.20. The van der Waals surface area contributed by atoms with Crippen LogP contribution >= 0.6 is 0 Å². The minimum absolute atomic E-state index is 0.548. The molecule has 8 nitrogen and oxygen atoms in total. The van der Waals surface area contributed by atoms with E-state index in [0.717, 1.165) is 94.1 Å². The number of fused-ring (bicyclic) bond motifs is 14. The monoisotopic (exact) mass is 894 g/mol. The van der Waals surface area contributed by atoms with Gasteiger partial charge in [-0.1, -0.05) is 176 Å². The van der Waals surface area contributed by atoms with Crippen molar-refractivity contribution >= 4 is 87.2 Å². The quantitative estimate of drug-likeness (QED) is 0.167.